The van der Waals surface area contributed by atoms with Crippen LogP contribution in [0.1, 0.15) is 84.5 Å². The van der Waals surface area contributed by atoms with Crippen molar-refractivity contribution in [3.63, 3.8) is 0 Å². The fourth-order valence-corrected chi connectivity index (χ4v) is 9.12. The molecule has 2 N–H and O–H groups in total. The van der Waals surface area contributed by atoms with Crippen LogP contribution in [-0.4, -0.2) is 89.4 Å². The number of ether oxygens (including phenoxy) is 2. The lowest BCUT2D eigenvalue weighted by atomic mass is 9.46. The van der Waals surface area contributed by atoms with E-state index in [1.54, 1.807) is 6.08 Å². The van der Waals surface area contributed by atoms with E-state index in [2.05, 4.69) is 15.0 Å². The Hall–Kier alpha value is -4.48. The van der Waals surface area contributed by atoms with Gasteiger partial charge in [-0.3, -0.25) is 19.2 Å². The molecule has 0 aromatic heterocycles. The number of nitrogens with zero attached hydrogens (tertiary/aromatic N) is 2. The van der Waals surface area contributed by atoms with E-state index in [9.17, 15) is 49.3 Å². The number of halogens is 1. The Morgan fingerprint density at radius 3 is 2.34 bits per heavy atom. The molecule has 4 rings (SSSR count). The summed E-state index contributed by atoms with van der Waals surface area (Å²) < 4.78 is 26.1. The quantitative estimate of drug-likeness (QED) is 0.0786. The molecule has 0 spiro atoms. The zero-order valence-corrected chi connectivity index (χ0v) is 29.9. The third-order valence-electron chi connectivity index (χ3n) is 11.5. The van der Waals surface area contributed by atoms with Crippen LogP contribution in [0.5, 0.6) is 0 Å². The summed E-state index contributed by atoms with van der Waals surface area (Å²) in [4.78, 5) is 93.1. The maximum atomic E-state index is 15.6. The lowest BCUT2D eigenvalue weighted by Gasteiger charge is -2.59. The predicted octanol–water partition coefficient (Wildman–Crippen LogP) is 3.12. The van der Waals surface area contributed by atoms with Crippen LogP contribution in [0, 0.1) is 54.7 Å². The van der Waals surface area contributed by atoms with Gasteiger partial charge in [0.2, 0.25) is 5.91 Å². The molecule has 3 unspecified atom stereocenters. The summed E-state index contributed by atoms with van der Waals surface area (Å²) in [7, 11) is 0. The van der Waals surface area contributed by atoms with Crippen molar-refractivity contribution in [3.05, 3.63) is 44.0 Å². The monoisotopic (exact) mass is 753 g/mol. The number of aliphatic hydroxyl groups is 1. The molecule has 4 aliphatic rings. The molecule has 0 aromatic rings. The topological polar surface area (TPSA) is 241 Å². The first-order valence-electron chi connectivity index (χ1n) is 18.0. The second-order valence-electron chi connectivity index (χ2n) is 14.8. The van der Waals surface area contributed by atoms with Crippen LogP contribution in [0.25, 0.3) is 0 Å². The van der Waals surface area contributed by atoms with Crippen LogP contribution in [0.2, 0.25) is 0 Å². The molecule has 17 nitrogen and oxygen atoms in total. The summed E-state index contributed by atoms with van der Waals surface area (Å²) in [5.74, 6) is -4.44. The summed E-state index contributed by atoms with van der Waals surface area (Å²) >= 11 is 0. The first-order chi connectivity index (χ1) is 25.1. The van der Waals surface area contributed by atoms with Crippen LogP contribution in [0.15, 0.2) is 23.8 Å². The summed E-state index contributed by atoms with van der Waals surface area (Å²) in [5.41, 5.74) is -1.15. The van der Waals surface area contributed by atoms with E-state index in [1.807, 2.05) is 13.8 Å². The Morgan fingerprint density at radius 1 is 1.00 bits per heavy atom. The Kier molecular flexibility index (Phi) is 14.0. The van der Waals surface area contributed by atoms with Crippen molar-refractivity contribution in [2.45, 2.75) is 103 Å². The second kappa shape index (κ2) is 18.0. The number of fused-ring (bicyclic) bond motifs is 5. The number of unbranched alkanes of at least 4 members (excludes halogenated alkanes) is 3. The number of esters is 2. The number of ketones is 2. The number of hydrogen-bond acceptors (Lipinski definition) is 14. The van der Waals surface area contributed by atoms with E-state index in [0.29, 0.717) is 37.7 Å². The molecule has 0 heterocycles. The lowest BCUT2D eigenvalue weighted by Crippen LogP contribution is -2.58. The zero-order chi connectivity index (χ0) is 38.9. The number of hydrogen-bond donors (Lipinski definition) is 2. The van der Waals surface area contributed by atoms with E-state index in [4.69, 9.17) is 9.47 Å². The minimum Gasteiger partial charge on any atom is -0.464 e. The first kappa shape index (κ1) is 41.3. The van der Waals surface area contributed by atoms with Gasteiger partial charge in [0.25, 0.3) is 10.2 Å². The van der Waals surface area contributed by atoms with Gasteiger partial charge in [0.1, 0.15) is 18.8 Å². The van der Waals surface area contributed by atoms with Gasteiger partial charge in [-0.05, 0) is 86.3 Å². The normalized spacial score (nSPS) is 30.4. The second-order valence-corrected chi connectivity index (χ2v) is 14.8. The Morgan fingerprint density at radius 2 is 1.66 bits per heavy atom. The molecule has 0 aliphatic heterocycles. The van der Waals surface area contributed by atoms with Crippen molar-refractivity contribution >= 4 is 29.4 Å². The molecule has 18 heteroatoms. The Labute approximate surface area is 305 Å². The highest BCUT2D eigenvalue weighted by atomic mass is 19.1. The first-order valence-corrected chi connectivity index (χ1v) is 18.0. The molecule has 0 aromatic carbocycles. The van der Waals surface area contributed by atoms with E-state index in [0.717, 1.165) is 0 Å². The fourth-order valence-electron chi connectivity index (χ4n) is 9.12. The fraction of sp³-hybridized carbons (Fsp3) is 0.743. The molecule has 3 saturated carbocycles. The maximum absolute atomic E-state index is 15.6. The number of carbonyl (C=O) groups is 5. The van der Waals surface area contributed by atoms with Crippen LogP contribution >= 0.6 is 0 Å². The molecule has 3 fully saturated rings. The standard InChI is InChI=1S/C35H48FN3O14/c1-34-12-11-21(40)16-25(34)26(36)17-22-23-9-10-24(35(23,2)19-28(41)32(22)34)29(42)20-51-31(44)18-27(33(45)50-13-6-7-15-53-39(48)49)37-30(43)8-4-3-5-14-52-38(46)47/h11-12,16,22-24,26-28,32,41H,3-10,13-15,17-20H2,1-2H3,(H,37,43)/t22-,23?,24?,26-,27?,28-,32+,34-,35-/m0/s1. The third-order valence-corrected chi connectivity index (χ3v) is 11.5. The number of rotatable bonds is 20. The minimum absolute atomic E-state index is 0.0720. The molecule has 9 atom stereocenters. The minimum atomic E-state index is -1.47. The highest BCUT2D eigenvalue weighted by molar-refractivity contribution is 6.01. The molecule has 1 amide bonds. The van der Waals surface area contributed by atoms with Gasteiger partial charge in [-0.25, -0.2) is 9.18 Å². The summed E-state index contributed by atoms with van der Waals surface area (Å²) in [5, 5.41) is 32.7. The molecule has 0 saturated heterocycles. The average molecular weight is 754 g/mol. The number of allylic oxidation sites excluding steroid dienone is 4. The lowest BCUT2D eigenvalue weighted by molar-refractivity contribution is -0.757. The number of amides is 1. The van der Waals surface area contributed by atoms with Gasteiger partial charge in [-0.15, -0.1) is 20.2 Å². The smallest absolute Gasteiger partial charge is 0.329 e. The Bertz CT molecular complexity index is 1490. The third kappa shape index (κ3) is 10.1. The summed E-state index contributed by atoms with van der Waals surface area (Å²) in [6, 6.07) is -1.47. The van der Waals surface area contributed by atoms with E-state index >= 15 is 4.39 Å². The van der Waals surface area contributed by atoms with E-state index in [-0.39, 0.29) is 81.2 Å². The van der Waals surface area contributed by atoms with Crippen molar-refractivity contribution in [2.24, 2.45) is 34.5 Å². The van der Waals surface area contributed by atoms with Crippen molar-refractivity contribution < 1.29 is 62.8 Å². The average Bonchev–Trinajstić information content (AvgIpc) is 3.43. The molecule has 53 heavy (non-hydrogen) atoms. The molecular formula is C35H48FN3O14. The predicted molar refractivity (Wildman–Crippen MR) is 179 cm³/mol. The van der Waals surface area contributed by atoms with Crippen molar-refractivity contribution in [3.8, 4) is 0 Å². The highest BCUT2D eigenvalue weighted by Gasteiger charge is 2.64. The number of nitrogens with one attached hydrogen (secondary N) is 1. The van der Waals surface area contributed by atoms with Gasteiger partial charge in [-0.2, -0.15) is 0 Å². The van der Waals surface area contributed by atoms with Crippen LogP contribution in [-0.2, 0) is 43.1 Å². The maximum Gasteiger partial charge on any atom is 0.329 e. The Balaban J connectivity index is 1.33. The number of alkyl halides is 1. The van der Waals surface area contributed by atoms with Crippen molar-refractivity contribution in [1.29, 1.82) is 0 Å². The SMILES string of the molecule is C[C@]12C[C@H](O)[C@H]3[C@@H](C[C@H](F)C4=CC(=O)C=C[C@@]43C)C1CCC2C(=O)COC(=O)CC(NC(=O)CCCCCO[N+](=O)[O-])C(=O)OCCCCO[N+](=O)[O-]. The number of aliphatic hydroxyl groups excluding tert-OH is 1. The molecule has 0 radical (unpaired) electrons. The molecule has 0 bridgehead atoms. The van der Waals surface area contributed by atoms with Crippen molar-refractivity contribution in [2.75, 3.05) is 26.4 Å². The van der Waals surface area contributed by atoms with Gasteiger partial charge in [0, 0.05) is 23.7 Å². The van der Waals surface area contributed by atoms with E-state index in [1.165, 1.54) is 12.2 Å². The van der Waals surface area contributed by atoms with Gasteiger partial charge < -0.3 is 29.6 Å². The highest BCUT2D eigenvalue weighted by Crippen LogP contribution is 2.66. The molecule has 4 aliphatic carbocycles. The van der Waals surface area contributed by atoms with Crippen molar-refractivity contribution in [1.82, 2.24) is 5.32 Å². The van der Waals surface area contributed by atoms with Crippen LogP contribution < -0.4 is 5.32 Å². The van der Waals surface area contributed by atoms with Gasteiger partial charge in [0.15, 0.2) is 11.6 Å². The van der Waals surface area contributed by atoms with Gasteiger partial charge in [0.05, 0.1) is 32.3 Å². The van der Waals surface area contributed by atoms with Crippen LogP contribution in [0.3, 0.4) is 0 Å². The van der Waals surface area contributed by atoms with Crippen LogP contribution in [0.4, 0.5) is 4.39 Å². The van der Waals surface area contributed by atoms with E-state index < -0.39 is 76.1 Å². The number of Topliss-reactive ketones (excluding diaryl/α,β-unsaturated/α-hetero) is 1. The zero-order valence-electron chi connectivity index (χ0n) is 29.9. The van der Waals surface area contributed by atoms with Gasteiger partial charge in [-0.1, -0.05) is 26.3 Å². The van der Waals surface area contributed by atoms with Gasteiger partial charge >= 0.3 is 11.9 Å². The molecular weight excluding hydrogens is 705 g/mol. The molecule has 294 valence electrons. The summed E-state index contributed by atoms with van der Waals surface area (Å²) in [6.07, 6.45) is 4.38. The summed E-state index contributed by atoms with van der Waals surface area (Å²) in [6.45, 7) is 2.61. The number of carbonyl (C=O) groups excluding carboxylic acids is 5. The largest absolute Gasteiger partial charge is 0.464 e.